The highest BCUT2D eigenvalue weighted by molar-refractivity contribution is 7.52. The number of benzene rings is 1. The van der Waals surface area contributed by atoms with E-state index in [1.807, 2.05) is 0 Å². The number of nitrogen functional groups attached to an aromatic ring is 2. The van der Waals surface area contributed by atoms with Gasteiger partial charge in [-0.1, -0.05) is 24.1 Å². The predicted molar refractivity (Wildman–Crippen MR) is 142 cm³/mol. The normalized spacial score (nSPS) is 24.9. The van der Waals surface area contributed by atoms with Gasteiger partial charge < -0.3 is 35.7 Å². The van der Waals surface area contributed by atoms with E-state index in [9.17, 15) is 19.6 Å². The van der Waals surface area contributed by atoms with Crippen LogP contribution in [-0.2, 0) is 23.4 Å². The van der Waals surface area contributed by atoms with Crippen molar-refractivity contribution in [2.75, 3.05) is 18.1 Å². The van der Waals surface area contributed by atoms with Gasteiger partial charge in [0.2, 0.25) is 5.95 Å². The number of aliphatic hydroxyl groups is 2. The number of esters is 1. The molecule has 3 heterocycles. The first-order chi connectivity index (χ1) is 18.9. The second kappa shape index (κ2) is 11.4. The van der Waals surface area contributed by atoms with Crippen LogP contribution in [0.4, 0.5) is 11.8 Å². The molecule has 1 aliphatic heterocycles. The summed E-state index contributed by atoms with van der Waals surface area (Å²) < 4.78 is 37.5. The Labute approximate surface area is 229 Å². The number of nitrogens with two attached hydrogens (primary N) is 2. The van der Waals surface area contributed by atoms with Crippen molar-refractivity contribution in [3.8, 4) is 18.1 Å². The highest BCUT2D eigenvalue weighted by Gasteiger charge is 2.56. The van der Waals surface area contributed by atoms with E-state index >= 15 is 0 Å². The zero-order valence-electron chi connectivity index (χ0n) is 21.9. The molecule has 1 aliphatic rings. The maximum atomic E-state index is 13.9. The van der Waals surface area contributed by atoms with Gasteiger partial charge in [0.25, 0.3) is 0 Å². The number of hydrogen-bond donors (Lipinski definition) is 5. The molecule has 0 bridgehead atoms. The predicted octanol–water partition coefficient (Wildman–Crippen LogP) is 0.747. The Balaban J connectivity index is 1.61. The summed E-state index contributed by atoms with van der Waals surface area (Å²) in [6, 6.07) is 6.92. The lowest BCUT2D eigenvalue weighted by Gasteiger charge is -2.29. The van der Waals surface area contributed by atoms with E-state index in [2.05, 4.69) is 26.0 Å². The Bertz CT molecular complexity index is 1460. The molecule has 0 aliphatic carbocycles. The Hall–Kier alpha value is -3.77. The zero-order valence-corrected chi connectivity index (χ0v) is 22.8. The van der Waals surface area contributed by atoms with Crippen molar-refractivity contribution in [1.82, 2.24) is 24.6 Å². The average Bonchev–Trinajstić information content (AvgIpc) is 3.42. The molecular formula is C24H30N7O8P. The molecule has 0 amide bonds. The standard InChI is InChI=1S/C24H30N7O8P/c1-5-24(18(33)17(32)21(38-24)31-12-27-16-19(25)28-23(26)29-20(16)31)11-36-40(35,39-15-9-7-6-8-10-15)30-14(4)22(34)37-13(2)3/h1,6-10,12-14,17-18,21,32-33H,11H2,2-4H3,(H,30,35)(H4,25,26,28,29)/t14-,17?,18+,21+,24+,40-/m0/s1. The fraction of sp³-hybridized carbons (Fsp3) is 0.417. The first-order valence-corrected chi connectivity index (χ1v) is 13.7. The number of terminal acetylenes is 1. The minimum absolute atomic E-state index is 0.00369. The van der Waals surface area contributed by atoms with Crippen molar-refractivity contribution in [1.29, 1.82) is 0 Å². The Morgan fingerprint density at radius 2 is 1.98 bits per heavy atom. The largest absolute Gasteiger partial charge is 0.462 e. The van der Waals surface area contributed by atoms with Crippen molar-refractivity contribution in [2.45, 2.75) is 57.0 Å². The molecule has 0 radical (unpaired) electrons. The van der Waals surface area contributed by atoms with Gasteiger partial charge >= 0.3 is 13.7 Å². The average molecular weight is 576 g/mol. The number of nitrogens with one attached hydrogen (secondary N) is 1. The highest BCUT2D eigenvalue weighted by Crippen LogP contribution is 2.48. The number of imidazole rings is 1. The van der Waals surface area contributed by atoms with E-state index in [-0.39, 0.29) is 28.7 Å². The summed E-state index contributed by atoms with van der Waals surface area (Å²) in [4.78, 5) is 24.5. The van der Waals surface area contributed by atoms with Crippen LogP contribution in [0.3, 0.4) is 0 Å². The molecular weight excluding hydrogens is 545 g/mol. The van der Waals surface area contributed by atoms with Crippen LogP contribution >= 0.6 is 7.75 Å². The number of ether oxygens (including phenoxy) is 2. The lowest BCUT2D eigenvalue weighted by molar-refractivity contribution is -0.149. The number of hydrogen-bond acceptors (Lipinski definition) is 13. The Kier molecular flexibility index (Phi) is 8.31. The third-order valence-corrected chi connectivity index (χ3v) is 7.51. The van der Waals surface area contributed by atoms with Crippen LogP contribution in [0, 0.1) is 12.3 Å². The number of rotatable bonds is 10. The second-order valence-electron chi connectivity index (χ2n) is 9.28. The molecule has 0 saturated carbocycles. The fourth-order valence-electron chi connectivity index (χ4n) is 3.95. The van der Waals surface area contributed by atoms with Crippen molar-refractivity contribution < 1.29 is 38.1 Å². The van der Waals surface area contributed by atoms with Crippen LogP contribution in [0.15, 0.2) is 36.7 Å². The number of carbonyl (C=O) groups is 1. The summed E-state index contributed by atoms with van der Waals surface area (Å²) in [6.07, 6.45) is 1.91. The number of anilines is 2. The lowest BCUT2D eigenvalue weighted by Crippen LogP contribution is -2.46. The van der Waals surface area contributed by atoms with E-state index in [0.29, 0.717) is 0 Å². The first-order valence-electron chi connectivity index (χ1n) is 12.1. The Morgan fingerprint density at radius 3 is 2.62 bits per heavy atom. The summed E-state index contributed by atoms with van der Waals surface area (Å²) in [6.45, 7) is 4.01. The molecule has 1 fully saturated rings. The van der Waals surface area contributed by atoms with Crippen LogP contribution < -0.4 is 21.1 Å². The molecule has 7 N–H and O–H groups in total. The fourth-order valence-corrected chi connectivity index (χ4v) is 5.47. The lowest BCUT2D eigenvalue weighted by atomic mass is 9.97. The van der Waals surface area contributed by atoms with Crippen LogP contribution in [0.1, 0.15) is 27.0 Å². The molecule has 6 atom stereocenters. The van der Waals surface area contributed by atoms with Gasteiger partial charge in [-0.15, -0.1) is 6.42 Å². The number of aliphatic hydroxyl groups excluding tert-OH is 2. The molecule has 214 valence electrons. The van der Waals surface area contributed by atoms with Crippen LogP contribution in [0.25, 0.3) is 11.2 Å². The van der Waals surface area contributed by atoms with Crippen molar-refractivity contribution in [2.24, 2.45) is 0 Å². The van der Waals surface area contributed by atoms with Gasteiger partial charge in [-0.3, -0.25) is 13.9 Å². The molecule has 1 saturated heterocycles. The van der Waals surface area contributed by atoms with Crippen molar-refractivity contribution >= 4 is 36.6 Å². The second-order valence-corrected chi connectivity index (χ2v) is 11.0. The SMILES string of the molecule is C#C[C@]1(CO[P@@](=O)(N[C@@H](C)C(=O)OC(C)C)Oc2ccccc2)O[C@@H](n2cnc3c(N)nc(N)nc32)C(O)[C@H]1O. The minimum Gasteiger partial charge on any atom is -0.462 e. The summed E-state index contributed by atoms with van der Waals surface area (Å²) >= 11 is 0. The molecule has 3 aromatic rings. The summed E-state index contributed by atoms with van der Waals surface area (Å²) in [5, 5.41) is 24.4. The Morgan fingerprint density at radius 1 is 1.27 bits per heavy atom. The summed E-state index contributed by atoms with van der Waals surface area (Å²) in [5.74, 6) is 1.58. The molecule has 1 unspecified atom stereocenters. The van der Waals surface area contributed by atoms with Gasteiger partial charge in [-0.25, -0.2) is 9.55 Å². The van der Waals surface area contributed by atoms with E-state index in [0.717, 1.165) is 0 Å². The van der Waals surface area contributed by atoms with Crippen LogP contribution in [0.5, 0.6) is 5.75 Å². The van der Waals surface area contributed by atoms with Crippen LogP contribution in [-0.4, -0.2) is 72.3 Å². The quantitative estimate of drug-likeness (QED) is 0.128. The van der Waals surface area contributed by atoms with Gasteiger partial charge in [0.1, 0.15) is 36.1 Å². The van der Waals surface area contributed by atoms with E-state index in [1.54, 1.807) is 32.0 Å². The number of nitrogens with zero attached hydrogens (tertiary/aromatic N) is 4. The number of fused-ring (bicyclic) bond motifs is 1. The number of para-hydroxylation sites is 1. The summed E-state index contributed by atoms with van der Waals surface area (Å²) in [7, 11) is -4.37. The van der Waals surface area contributed by atoms with Gasteiger partial charge in [0.15, 0.2) is 23.3 Å². The molecule has 15 nitrogen and oxygen atoms in total. The minimum atomic E-state index is -4.37. The maximum Gasteiger partial charge on any atom is 0.459 e. The van der Waals surface area contributed by atoms with Gasteiger partial charge in [-0.2, -0.15) is 15.1 Å². The van der Waals surface area contributed by atoms with Crippen molar-refractivity contribution in [3.63, 3.8) is 0 Å². The topological polar surface area (TPSA) is 219 Å². The van der Waals surface area contributed by atoms with E-state index < -0.39 is 56.5 Å². The smallest absolute Gasteiger partial charge is 0.459 e. The highest BCUT2D eigenvalue weighted by atomic mass is 31.2. The first kappa shape index (κ1) is 29.2. The number of carbonyl (C=O) groups excluding carboxylic acids is 1. The monoisotopic (exact) mass is 575 g/mol. The summed E-state index contributed by atoms with van der Waals surface area (Å²) in [5.41, 5.74) is 9.84. The molecule has 0 spiro atoms. The van der Waals surface area contributed by atoms with E-state index in [1.165, 1.54) is 30.0 Å². The van der Waals surface area contributed by atoms with Crippen molar-refractivity contribution in [3.05, 3.63) is 36.7 Å². The molecule has 4 rings (SSSR count). The van der Waals surface area contributed by atoms with Gasteiger partial charge in [0, 0.05) is 0 Å². The van der Waals surface area contributed by atoms with Crippen LogP contribution in [0.2, 0.25) is 0 Å². The molecule has 2 aromatic heterocycles. The molecule has 1 aromatic carbocycles. The third kappa shape index (κ3) is 5.87. The zero-order chi connectivity index (χ0) is 29.2. The molecule has 40 heavy (non-hydrogen) atoms. The molecule has 16 heteroatoms. The number of aromatic nitrogens is 4. The third-order valence-electron chi connectivity index (χ3n) is 5.88. The maximum absolute atomic E-state index is 13.9. The van der Waals surface area contributed by atoms with E-state index in [4.69, 9.17) is 36.4 Å². The van der Waals surface area contributed by atoms with Gasteiger partial charge in [-0.05, 0) is 32.9 Å². The van der Waals surface area contributed by atoms with Gasteiger partial charge in [0.05, 0.1) is 12.4 Å².